The standard InChI is InChI=1S/C27H24BrFN6O4S/c1-15(36)20-13-34(21-7-6-16(8-19(20)21)17-10-30-27(31-11-17)40(2)39)14-25(37)35-12-18(29)9-22(35)26(38)33-24-5-3-4-23(28)32-24/h3-8,10-11,13,18,22H,9,12,14H2,1-2H3,(H,32,33,38)/t18-,22+,40?/m1/s1. The average Bonchev–Trinajstić information content (AvgIpc) is 3.49. The molecular weight excluding hydrogens is 603 g/mol. The van der Waals surface area contributed by atoms with Gasteiger partial charge in [-0.1, -0.05) is 12.1 Å². The molecule has 1 saturated heterocycles. The average molecular weight is 627 g/mol. The molecule has 1 aromatic carbocycles. The van der Waals surface area contributed by atoms with Gasteiger partial charge >= 0.3 is 0 Å². The van der Waals surface area contributed by atoms with E-state index in [0.717, 1.165) is 5.56 Å². The van der Waals surface area contributed by atoms with E-state index < -0.39 is 34.8 Å². The molecule has 40 heavy (non-hydrogen) atoms. The van der Waals surface area contributed by atoms with E-state index in [4.69, 9.17) is 0 Å². The number of hydrogen-bond acceptors (Lipinski definition) is 7. The van der Waals surface area contributed by atoms with Crippen molar-refractivity contribution in [1.82, 2.24) is 24.4 Å². The van der Waals surface area contributed by atoms with Gasteiger partial charge in [-0.3, -0.25) is 18.6 Å². The molecule has 13 heteroatoms. The number of hydrogen-bond donors (Lipinski definition) is 1. The molecule has 1 N–H and O–H groups in total. The van der Waals surface area contributed by atoms with Gasteiger partial charge in [-0.2, -0.15) is 0 Å². The summed E-state index contributed by atoms with van der Waals surface area (Å²) in [5.41, 5.74) is 2.46. The van der Waals surface area contributed by atoms with Crippen molar-refractivity contribution in [1.29, 1.82) is 0 Å². The normalized spacial score (nSPS) is 17.6. The van der Waals surface area contributed by atoms with Gasteiger partial charge in [0, 0.05) is 53.3 Å². The number of rotatable bonds is 7. The van der Waals surface area contributed by atoms with Crippen molar-refractivity contribution in [3.05, 3.63) is 65.2 Å². The van der Waals surface area contributed by atoms with Gasteiger partial charge in [0.25, 0.3) is 0 Å². The molecule has 2 amide bonds. The van der Waals surface area contributed by atoms with Gasteiger partial charge in [0.15, 0.2) is 5.78 Å². The summed E-state index contributed by atoms with van der Waals surface area (Å²) in [4.78, 5) is 52.5. The first-order chi connectivity index (χ1) is 19.1. The molecule has 0 bridgehead atoms. The number of carbonyl (C=O) groups excluding carboxylic acids is 3. The number of aromatic nitrogens is 4. The third-order valence-corrected chi connectivity index (χ3v) is 7.79. The number of alkyl halides is 1. The lowest BCUT2D eigenvalue weighted by Gasteiger charge is -2.24. The minimum atomic E-state index is -1.34. The summed E-state index contributed by atoms with van der Waals surface area (Å²) in [7, 11) is -1.31. The summed E-state index contributed by atoms with van der Waals surface area (Å²) in [6.45, 7) is 1.05. The molecule has 0 aliphatic carbocycles. The molecule has 3 aromatic heterocycles. The number of benzene rings is 1. The van der Waals surface area contributed by atoms with Crippen molar-refractivity contribution in [2.45, 2.75) is 37.3 Å². The molecule has 1 unspecified atom stereocenters. The fourth-order valence-electron chi connectivity index (χ4n) is 4.73. The molecule has 0 radical (unpaired) electrons. The molecule has 1 fully saturated rings. The summed E-state index contributed by atoms with van der Waals surface area (Å²) < 4.78 is 28.2. The van der Waals surface area contributed by atoms with Gasteiger partial charge in [0.2, 0.25) is 17.0 Å². The first kappa shape index (κ1) is 27.7. The zero-order valence-corrected chi connectivity index (χ0v) is 23.9. The van der Waals surface area contributed by atoms with Crippen LogP contribution in [0.25, 0.3) is 22.0 Å². The maximum absolute atomic E-state index is 14.4. The Labute approximate surface area is 239 Å². The van der Waals surface area contributed by atoms with Crippen molar-refractivity contribution in [3.8, 4) is 11.1 Å². The zero-order valence-electron chi connectivity index (χ0n) is 21.5. The van der Waals surface area contributed by atoms with Gasteiger partial charge in [-0.25, -0.2) is 19.3 Å². The van der Waals surface area contributed by atoms with E-state index in [0.29, 0.717) is 26.6 Å². The Bertz CT molecular complexity index is 1660. The molecule has 4 aromatic rings. The minimum absolute atomic E-state index is 0.119. The molecule has 0 spiro atoms. The quantitative estimate of drug-likeness (QED) is 0.188. The number of anilines is 1. The summed E-state index contributed by atoms with van der Waals surface area (Å²) in [5, 5.41) is 3.50. The van der Waals surface area contributed by atoms with Crippen LogP contribution in [0.15, 0.2) is 64.7 Å². The SMILES string of the molecule is CC(=O)c1cn(CC(=O)N2C[C@H](F)C[C@H]2C(=O)Nc2cccc(Br)n2)c2ccc(-c3cnc(S(C)=O)nc3)cc12. The second-order valence-electron chi connectivity index (χ2n) is 9.40. The highest BCUT2D eigenvalue weighted by atomic mass is 79.9. The Morgan fingerprint density at radius 1 is 1.15 bits per heavy atom. The number of amides is 2. The minimum Gasteiger partial charge on any atom is -0.337 e. The summed E-state index contributed by atoms with van der Waals surface area (Å²) in [6, 6.07) is 9.41. The number of nitrogens with one attached hydrogen (secondary N) is 1. The Morgan fingerprint density at radius 3 is 2.58 bits per heavy atom. The molecule has 5 rings (SSSR count). The first-order valence-electron chi connectivity index (χ1n) is 12.3. The molecular formula is C27H24BrFN6O4S. The van der Waals surface area contributed by atoms with Gasteiger partial charge in [0.05, 0.1) is 17.3 Å². The molecule has 3 atom stereocenters. The molecule has 1 aliphatic heterocycles. The van der Waals surface area contributed by atoms with Crippen LogP contribution in [0.2, 0.25) is 0 Å². The van der Waals surface area contributed by atoms with Gasteiger partial charge in [-0.15, -0.1) is 0 Å². The van der Waals surface area contributed by atoms with Gasteiger partial charge < -0.3 is 14.8 Å². The summed E-state index contributed by atoms with van der Waals surface area (Å²) in [5.74, 6) is -0.874. The van der Waals surface area contributed by atoms with Crippen molar-refractivity contribution in [2.24, 2.45) is 0 Å². The van der Waals surface area contributed by atoms with Gasteiger partial charge in [0.1, 0.15) is 29.2 Å². The fraction of sp³-hybridized carbons (Fsp3) is 0.259. The van der Waals surface area contributed by atoms with Crippen LogP contribution in [0.4, 0.5) is 10.2 Å². The molecule has 10 nitrogen and oxygen atoms in total. The summed E-state index contributed by atoms with van der Waals surface area (Å²) >= 11 is 3.24. The predicted octanol–water partition coefficient (Wildman–Crippen LogP) is 3.77. The highest BCUT2D eigenvalue weighted by Crippen LogP contribution is 2.29. The largest absolute Gasteiger partial charge is 0.337 e. The number of nitrogens with zero attached hydrogens (tertiary/aromatic N) is 5. The molecule has 206 valence electrons. The number of Topliss-reactive ketones (excluding diaryl/α,β-unsaturated/α-hetero) is 1. The van der Waals surface area contributed by atoms with Crippen LogP contribution in [-0.2, 0) is 26.9 Å². The number of carbonyl (C=O) groups is 3. The van der Waals surface area contributed by atoms with Crippen molar-refractivity contribution >= 4 is 61.0 Å². The topological polar surface area (TPSA) is 127 Å². The van der Waals surface area contributed by atoms with E-state index in [1.54, 1.807) is 47.4 Å². The van der Waals surface area contributed by atoms with Crippen molar-refractivity contribution in [2.75, 3.05) is 18.1 Å². The lowest BCUT2D eigenvalue weighted by Crippen LogP contribution is -2.44. The Kier molecular flexibility index (Phi) is 7.86. The third kappa shape index (κ3) is 5.70. The van der Waals surface area contributed by atoms with Crippen LogP contribution in [0.3, 0.4) is 0 Å². The Morgan fingerprint density at radius 2 is 1.90 bits per heavy atom. The number of fused-ring (bicyclic) bond motifs is 1. The van der Waals surface area contributed by atoms with E-state index in [1.165, 1.54) is 18.1 Å². The van der Waals surface area contributed by atoms with Gasteiger partial charge in [-0.05, 0) is 52.7 Å². The fourth-order valence-corrected chi connectivity index (χ4v) is 5.48. The van der Waals surface area contributed by atoms with Crippen molar-refractivity contribution < 1.29 is 23.0 Å². The van der Waals surface area contributed by atoms with Crippen molar-refractivity contribution in [3.63, 3.8) is 0 Å². The van der Waals surface area contributed by atoms with Crippen LogP contribution in [0.5, 0.6) is 0 Å². The van der Waals surface area contributed by atoms with Crippen LogP contribution in [0.1, 0.15) is 23.7 Å². The van der Waals surface area contributed by atoms with Crippen LogP contribution in [0, 0.1) is 0 Å². The number of likely N-dealkylation sites (tertiary alicyclic amines) is 1. The zero-order chi connectivity index (χ0) is 28.6. The Balaban J connectivity index is 1.40. The van der Waals surface area contributed by atoms with Crippen LogP contribution < -0.4 is 5.32 Å². The van der Waals surface area contributed by atoms with Crippen LogP contribution >= 0.6 is 15.9 Å². The maximum atomic E-state index is 14.4. The highest BCUT2D eigenvalue weighted by molar-refractivity contribution is 9.10. The van der Waals surface area contributed by atoms with E-state index in [1.807, 2.05) is 12.1 Å². The van der Waals surface area contributed by atoms with E-state index >= 15 is 0 Å². The number of ketones is 1. The lowest BCUT2D eigenvalue weighted by atomic mass is 10.0. The Hall–Kier alpha value is -3.84. The molecule has 0 saturated carbocycles. The lowest BCUT2D eigenvalue weighted by molar-refractivity contribution is -0.137. The van der Waals surface area contributed by atoms with E-state index in [-0.39, 0.29) is 36.3 Å². The monoisotopic (exact) mass is 626 g/mol. The predicted molar refractivity (Wildman–Crippen MR) is 151 cm³/mol. The second-order valence-corrected chi connectivity index (χ2v) is 11.5. The maximum Gasteiger partial charge on any atom is 0.248 e. The smallest absolute Gasteiger partial charge is 0.248 e. The first-order valence-corrected chi connectivity index (χ1v) is 14.6. The third-order valence-electron chi connectivity index (χ3n) is 6.62. The molecule has 4 heterocycles. The van der Waals surface area contributed by atoms with E-state index in [9.17, 15) is 23.0 Å². The van der Waals surface area contributed by atoms with E-state index in [2.05, 4.69) is 36.2 Å². The second kappa shape index (κ2) is 11.3. The number of pyridine rings is 1. The summed E-state index contributed by atoms with van der Waals surface area (Å²) in [6.07, 6.45) is 4.76. The number of halogens is 2. The van der Waals surface area contributed by atoms with Crippen LogP contribution in [-0.4, -0.2) is 71.2 Å². The molecule has 1 aliphatic rings. The highest BCUT2D eigenvalue weighted by Gasteiger charge is 2.40.